The molecule has 1 nitrogen and oxygen atoms in total. The topological polar surface area (TPSA) is 3.24 Å². The third-order valence-electron chi connectivity index (χ3n) is 3.05. The van der Waals surface area contributed by atoms with E-state index in [0.717, 1.165) is 6.42 Å². The molecule has 0 radical (unpaired) electrons. The average molecular weight is 165 g/mol. The summed E-state index contributed by atoms with van der Waals surface area (Å²) in [5.41, 5.74) is 0.0143. The predicted octanol–water partition coefficient (Wildman–Crippen LogP) is 2.27. The third kappa shape index (κ3) is 1.81. The van der Waals surface area contributed by atoms with Crippen molar-refractivity contribution in [3.8, 4) is 12.3 Å². The Balaban J connectivity index is 2.59. The van der Waals surface area contributed by atoms with Gasteiger partial charge in [0.1, 0.15) is 0 Å². The van der Waals surface area contributed by atoms with E-state index in [1.165, 1.54) is 32.4 Å². The van der Waals surface area contributed by atoms with Crippen LogP contribution in [0, 0.1) is 12.3 Å². The fraction of sp³-hybridized carbons (Fsp3) is 0.818. The molecular formula is C11H19N. The Labute approximate surface area is 76.1 Å². The second kappa shape index (κ2) is 3.96. The second-order valence-electron chi connectivity index (χ2n) is 3.82. The van der Waals surface area contributed by atoms with Gasteiger partial charge in [0, 0.05) is 0 Å². The van der Waals surface area contributed by atoms with Gasteiger partial charge in [0.15, 0.2) is 0 Å². The standard InChI is InChI=1S/C11H19N/c1-4-11(3,5-2)12-9-7-6-8-10-12/h1H,5-10H2,2-3H3. The van der Waals surface area contributed by atoms with Crippen molar-refractivity contribution < 1.29 is 0 Å². The molecular weight excluding hydrogens is 146 g/mol. The molecule has 0 aromatic carbocycles. The maximum absolute atomic E-state index is 5.56. The molecule has 1 rings (SSSR count). The Kier molecular flexibility index (Phi) is 3.17. The second-order valence-corrected chi connectivity index (χ2v) is 3.82. The van der Waals surface area contributed by atoms with E-state index in [9.17, 15) is 0 Å². The van der Waals surface area contributed by atoms with Crippen LogP contribution in [0.25, 0.3) is 0 Å². The molecule has 1 saturated heterocycles. The van der Waals surface area contributed by atoms with Gasteiger partial charge >= 0.3 is 0 Å². The van der Waals surface area contributed by atoms with Gasteiger partial charge in [0.25, 0.3) is 0 Å². The normalized spacial score (nSPS) is 24.4. The summed E-state index contributed by atoms with van der Waals surface area (Å²) in [6.45, 7) is 6.73. The summed E-state index contributed by atoms with van der Waals surface area (Å²) in [4.78, 5) is 2.45. The van der Waals surface area contributed by atoms with Crippen LogP contribution in [-0.4, -0.2) is 23.5 Å². The zero-order chi connectivity index (χ0) is 9.03. The van der Waals surface area contributed by atoms with E-state index in [0.29, 0.717) is 0 Å². The molecule has 12 heavy (non-hydrogen) atoms. The molecule has 0 aliphatic carbocycles. The first-order valence-electron chi connectivity index (χ1n) is 4.96. The molecule has 68 valence electrons. The van der Waals surface area contributed by atoms with Gasteiger partial charge in [-0.25, -0.2) is 0 Å². The fourth-order valence-corrected chi connectivity index (χ4v) is 1.80. The van der Waals surface area contributed by atoms with Crippen LogP contribution in [0.4, 0.5) is 0 Å². The quantitative estimate of drug-likeness (QED) is 0.567. The molecule has 1 heteroatoms. The summed E-state index contributed by atoms with van der Waals surface area (Å²) >= 11 is 0. The van der Waals surface area contributed by atoms with E-state index in [2.05, 4.69) is 24.7 Å². The SMILES string of the molecule is C#CC(C)(CC)N1CCCCC1. The molecule has 1 unspecified atom stereocenters. The van der Waals surface area contributed by atoms with E-state index >= 15 is 0 Å². The minimum absolute atomic E-state index is 0.0143. The van der Waals surface area contributed by atoms with Crippen LogP contribution >= 0.6 is 0 Å². The predicted molar refractivity (Wildman–Crippen MR) is 53.0 cm³/mol. The summed E-state index contributed by atoms with van der Waals surface area (Å²) < 4.78 is 0. The summed E-state index contributed by atoms with van der Waals surface area (Å²) in [5, 5.41) is 0. The molecule has 0 saturated carbocycles. The van der Waals surface area contributed by atoms with Crippen LogP contribution in [0.1, 0.15) is 39.5 Å². The Hall–Kier alpha value is -0.480. The molecule has 1 aliphatic heterocycles. The van der Waals surface area contributed by atoms with Crippen molar-refractivity contribution in [2.75, 3.05) is 13.1 Å². The van der Waals surface area contributed by atoms with Gasteiger partial charge in [0.2, 0.25) is 0 Å². The molecule has 0 aromatic heterocycles. The summed E-state index contributed by atoms with van der Waals surface area (Å²) in [7, 11) is 0. The van der Waals surface area contributed by atoms with Crippen molar-refractivity contribution in [1.29, 1.82) is 0 Å². The molecule has 1 aliphatic rings. The van der Waals surface area contributed by atoms with Gasteiger partial charge in [-0.05, 0) is 39.3 Å². The van der Waals surface area contributed by atoms with Crippen LogP contribution in [0.15, 0.2) is 0 Å². The monoisotopic (exact) mass is 165 g/mol. The zero-order valence-electron chi connectivity index (χ0n) is 8.27. The summed E-state index contributed by atoms with van der Waals surface area (Å²) in [6.07, 6.45) is 10.6. The highest BCUT2D eigenvalue weighted by molar-refractivity contribution is 5.10. The number of rotatable bonds is 2. The molecule has 1 heterocycles. The molecule has 1 atom stereocenters. The Bertz CT molecular complexity index is 174. The number of likely N-dealkylation sites (tertiary alicyclic amines) is 1. The average Bonchev–Trinajstić information content (AvgIpc) is 2.18. The van der Waals surface area contributed by atoms with E-state index in [1.807, 2.05) is 0 Å². The largest absolute Gasteiger partial charge is 0.288 e. The van der Waals surface area contributed by atoms with Crippen LogP contribution < -0.4 is 0 Å². The molecule has 0 amide bonds. The van der Waals surface area contributed by atoms with Crippen LogP contribution in [0.5, 0.6) is 0 Å². The van der Waals surface area contributed by atoms with Gasteiger partial charge in [-0.1, -0.05) is 19.3 Å². The number of hydrogen-bond donors (Lipinski definition) is 0. The number of piperidine rings is 1. The van der Waals surface area contributed by atoms with Gasteiger partial charge in [-0.3, -0.25) is 4.90 Å². The minimum Gasteiger partial charge on any atom is -0.288 e. The minimum atomic E-state index is 0.0143. The Morgan fingerprint density at radius 1 is 1.33 bits per heavy atom. The Morgan fingerprint density at radius 3 is 2.33 bits per heavy atom. The summed E-state index contributed by atoms with van der Waals surface area (Å²) in [5.74, 6) is 2.92. The zero-order valence-corrected chi connectivity index (χ0v) is 8.27. The molecule has 0 bridgehead atoms. The number of nitrogens with zero attached hydrogens (tertiary/aromatic N) is 1. The fourth-order valence-electron chi connectivity index (χ4n) is 1.80. The van der Waals surface area contributed by atoms with Crippen molar-refractivity contribution in [1.82, 2.24) is 4.90 Å². The molecule has 0 aromatic rings. The maximum Gasteiger partial charge on any atom is 0.0791 e. The van der Waals surface area contributed by atoms with Gasteiger partial charge in [0.05, 0.1) is 5.54 Å². The first-order chi connectivity index (χ1) is 5.73. The summed E-state index contributed by atoms with van der Waals surface area (Å²) in [6, 6.07) is 0. The molecule has 0 spiro atoms. The number of hydrogen-bond acceptors (Lipinski definition) is 1. The highest BCUT2D eigenvalue weighted by Gasteiger charge is 2.28. The highest BCUT2D eigenvalue weighted by atomic mass is 15.2. The first-order valence-corrected chi connectivity index (χ1v) is 4.96. The van der Waals surface area contributed by atoms with Gasteiger partial charge in [-0.15, -0.1) is 6.42 Å². The van der Waals surface area contributed by atoms with E-state index in [4.69, 9.17) is 6.42 Å². The maximum atomic E-state index is 5.56. The highest BCUT2D eigenvalue weighted by Crippen LogP contribution is 2.22. The Morgan fingerprint density at radius 2 is 1.92 bits per heavy atom. The van der Waals surface area contributed by atoms with Crippen molar-refractivity contribution >= 4 is 0 Å². The van der Waals surface area contributed by atoms with Crippen molar-refractivity contribution in [2.24, 2.45) is 0 Å². The smallest absolute Gasteiger partial charge is 0.0791 e. The lowest BCUT2D eigenvalue weighted by Gasteiger charge is -2.39. The first kappa shape index (κ1) is 9.61. The third-order valence-corrected chi connectivity index (χ3v) is 3.05. The van der Waals surface area contributed by atoms with Crippen molar-refractivity contribution in [3.05, 3.63) is 0 Å². The van der Waals surface area contributed by atoms with E-state index in [1.54, 1.807) is 0 Å². The van der Waals surface area contributed by atoms with Crippen LogP contribution in [0.2, 0.25) is 0 Å². The molecule has 0 N–H and O–H groups in total. The van der Waals surface area contributed by atoms with Crippen LogP contribution in [-0.2, 0) is 0 Å². The lowest BCUT2D eigenvalue weighted by atomic mass is 9.94. The van der Waals surface area contributed by atoms with Gasteiger partial charge < -0.3 is 0 Å². The molecule has 1 fully saturated rings. The van der Waals surface area contributed by atoms with Crippen molar-refractivity contribution in [2.45, 2.75) is 45.1 Å². The number of terminal acetylenes is 1. The van der Waals surface area contributed by atoms with E-state index < -0.39 is 0 Å². The van der Waals surface area contributed by atoms with Gasteiger partial charge in [-0.2, -0.15) is 0 Å². The van der Waals surface area contributed by atoms with Crippen molar-refractivity contribution in [3.63, 3.8) is 0 Å². The lowest BCUT2D eigenvalue weighted by Crippen LogP contribution is -2.47. The lowest BCUT2D eigenvalue weighted by molar-refractivity contribution is 0.122. The van der Waals surface area contributed by atoms with Crippen LogP contribution in [0.3, 0.4) is 0 Å². The van der Waals surface area contributed by atoms with E-state index in [-0.39, 0.29) is 5.54 Å².